The van der Waals surface area contributed by atoms with E-state index < -0.39 is 10.0 Å². The zero-order valence-corrected chi connectivity index (χ0v) is 17.6. The number of aliphatic imine (C=N–C) groups is 1. The van der Waals surface area contributed by atoms with Crippen LogP contribution in [-0.2, 0) is 16.4 Å². The van der Waals surface area contributed by atoms with E-state index in [0.717, 1.165) is 29.4 Å². The minimum absolute atomic E-state index is 0.252. The molecule has 2 rings (SSSR count). The van der Waals surface area contributed by atoms with Gasteiger partial charge < -0.3 is 15.6 Å². The molecule has 0 aliphatic rings. The zero-order valence-electron chi connectivity index (χ0n) is 16.8. The van der Waals surface area contributed by atoms with Gasteiger partial charge in [-0.15, -0.1) is 0 Å². The van der Waals surface area contributed by atoms with E-state index in [0.29, 0.717) is 38.6 Å². The standard InChI is InChI=1S/C19H30FN5O2S/c1-4-21-19(22-10-6-12-25(5-2)28(3,26)27)23-11-9-15-14-24-18-13-16(20)7-8-17(15)18/h7-8,13-14,24H,4-6,9-12H2,1-3H3,(H2,21,22,23). The van der Waals surface area contributed by atoms with Crippen molar-refractivity contribution in [2.24, 2.45) is 4.99 Å². The van der Waals surface area contributed by atoms with Crippen LogP contribution in [0.2, 0.25) is 0 Å². The van der Waals surface area contributed by atoms with Crippen molar-refractivity contribution >= 4 is 26.9 Å². The highest BCUT2D eigenvalue weighted by molar-refractivity contribution is 7.88. The Bertz CT molecular complexity index is 895. The largest absolute Gasteiger partial charge is 0.361 e. The number of benzene rings is 1. The highest BCUT2D eigenvalue weighted by Gasteiger charge is 2.13. The Morgan fingerprint density at radius 1 is 1.29 bits per heavy atom. The van der Waals surface area contributed by atoms with Crippen LogP contribution in [0, 0.1) is 5.82 Å². The molecule has 28 heavy (non-hydrogen) atoms. The lowest BCUT2D eigenvalue weighted by Crippen LogP contribution is -2.38. The number of guanidine groups is 1. The lowest BCUT2D eigenvalue weighted by Gasteiger charge is -2.17. The third kappa shape index (κ3) is 6.49. The van der Waals surface area contributed by atoms with Crippen molar-refractivity contribution in [3.63, 3.8) is 0 Å². The van der Waals surface area contributed by atoms with Crippen LogP contribution in [0.3, 0.4) is 0 Å². The van der Waals surface area contributed by atoms with Crippen molar-refractivity contribution in [1.82, 2.24) is 19.9 Å². The minimum atomic E-state index is -3.16. The van der Waals surface area contributed by atoms with Gasteiger partial charge in [-0.25, -0.2) is 17.1 Å². The van der Waals surface area contributed by atoms with Gasteiger partial charge in [0, 0.05) is 49.8 Å². The monoisotopic (exact) mass is 411 g/mol. The number of H-pyrrole nitrogens is 1. The first-order chi connectivity index (χ1) is 13.3. The summed E-state index contributed by atoms with van der Waals surface area (Å²) < 4.78 is 37.9. The van der Waals surface area contributed by atoms with Crippen LogP contribution in [0.4, 0.5) is 4.39 Å². The molecule has 1 heterocycles. The first-order valence-corrected chi connectivity index (χ1v) is 11.4. The van der Waals surface area contributed by atoms with E-state index in [1.165, 1.54) is 22.7 Å². The Labute approximate surface area is 166 Å². The van der Waals surface area contributed by atoms with Crippen molar-refractivity contribution < 1.29 is 12.8 Å². The Balaban J connectivity index is 1.85. The van der Waals surface area contributed by atoms with Gasteiger partial charge in [-0.2, -0.15) is 0 Å². The predicted molar refractivity (Wildman–Crippen MR) is 113 cm³/mol. The molecule has 0 bridgehead atoms. The van der Waals surface area contributed by atoms with Crippen molar-refractivity contribution in [2.75, 3.05) is 39.0 Å². The van der Waals surface area contributed by atoms with Crippen molar-refractivity contribution in [2.45, 2.75) is 26.7 Å². The number of halogens is 1. The minimum Gasteiger partial charge on any atom is -0.361 e. The first-order valence-electron chi connectivity index (χ1n) is 9.58. The Hall–Kier alpha value is -2.13. The molecular formula is C19H30FN5O2S. The third-order valence-corrected chi connectivity index (χ3v) is 5.80. The second-order valence-electron chi connectivity index (χ2n) is 6.55. The maximum atomic E-state index is 13.3. The van der Waals surface area contributed by atoms with E-state index in [2.05, 4.69) is 20.6 Å². The van der Waals surface area contributed by atoms with Gasteiger partial charge in [0.05, 0.1) is 6.26 Å². The van der Waals surface area contributed by atoms with E-state index in [1.807, 2.05) is 20.0 Å². The van der Waals surface area contributed by atoms with E-state index in [9.17, 15) is 12.8 Å². The van der Waals surface area contributed by atoms with Gasteiger partial charge in [0.15, 0.2) is 5.96 Å². The molecule has 0 amide bonds. The van der Waals surface area contributed by atoms with Gasteiger partial charge >= 0.3 is 0 Å². The van der Waals surface area contributed by atoms with Gasteiger partial charge in [0.1, 0.15) is 5.82 Å². The number of aromatic amines is 1. The highest BCUT2D eigenvalue weighted by atomic mass is 32.2. The summed E-state index contributed by atoms with van der Waals surface area (Å²) in [5, 5.41) is 7.49. The highest BCUT2D eigenvalue weighted by Crippen LogP contribution is 2.19. The van der Waals surface area contributed by atoms with Crippen LogP contribution in [0.5, 0.6) is 0 Å². The summed E-state index contributed by atoms with van der Waals surface area (Å²) >= 11 is 0. The molecule has 0 aliphatic carbocycles. The molecule has 2 aromatic rings. The van der Waals surface area contributed by atoms with Gasteiger partial charge in [-0.1, -0.05) is 6.92 Å². The Morgan fingerprint density at radius 3 is 2.75 bits per heavy atom. The molecule has 0 saturated carbocycles. The average Bonchev–Trinajstić information content (AvgIpc) is 3.02. The van der Waals surface area contributed by atoms with Gasteiger partial charge in [0.2, 0.25) is 10.0 Å². The molecular weight excluding hydrogens is 381 g/mol. The number of hydrogen-bond acceptors (Lipinski definition) is 3. The lowest BCUT2D eigenvalue weighted by atomic mass is 10.1. The van der Waals surface area contributed by atoms with Crippen LogP contribution in [0.1, 0.15) is 25.8 Å². The van der Waals surface area contributed by atoms with Gasteiger partial charge in [-0.3, -0.25) is 4.99 Å². The van der Waals surface area contributed by atoms with Crippen LogP contribution < -0.4 is 10.6 Å². The van der Waals surface area contributed by atoms with E-state index in [4.69, 9.17) is 0 Å². The van der Waals surface area contributed by atoms with Crippen molar-refractivity contribution in [3.8, 4) is 0 Å². The van der Waals surface area contributed by atoms with Crippen LogP contribution in [0.15, 0.2) is 29.4 Å². The first kappa shape index (κ1) is 22.2. The summed E-state index contributed by atoms with van der Waals surface area (Å²) in [5.41, 5.74) is 1.91. The van der Waals surface area contributed by atoms with Crippen LogP contribution in [-0.4, -0.2) is 62.6 Å². The zero-order chi connectivity index (χ0) is 20.6. The molecule has 0 spiro atoms. The van der Waals surface area contributed by atoms with Crippen molar-refractivity contribution in [3.05, 3.63) is 35.8 Å². The summed E-state index contributed by atoms with van der Waals surface area (Å²) in [5.74, 6) is 0.453. The number of rotatable bonds is 10. The molecule has 0 fully saturated rings. The molecule has 156 valence electrons. The van der Waals surface area contributed by atoms with Gasteiger partial charge in [-0.05, 0) is 43.5 Å². The third-order valence-electron chi connectivity index (χ3n) is 4.42. The molecule has 7 nitrogen and oxygen atoms in total. The normalized spacial score (nSPS) is 12.7. The Kier molecular flexibility index (Phi) is 8.25. The summed E-state index contributed by atoms with van der Waals surface area (Å²) in [6, 6.07) is 4.75. The molecule has 3 N–H and O–H groups in total. The molecule has 1 aromatic heterocycles. The molecule has 1 aromatic carbocycles. The summed E-state index contributed by atoms with van der Waals surface area (Å²) in [6.07, 6.45) is 4.56. The smallest absolute Gasteiger partial charge is 0.211 e. The predicted octanol–water partition coefficient (Wildman–Crippen LogP) is 2.08. The number of nitrogens with one attached hydrogen (secondary N) is 3. The molecule has 0 radical (unpaired) electrons. The maximum Gasteiger partial charge on any atom is 0.211 e. The van der Waals surface area contributed by atoms with Crippen LogP contribution >= 0.6 is 0 Å². The number of aromatic nitrogens is 1. The summed E-state index contributed by atoms with van der Waals surface area (Å²) in [7, 11) is -3.16. The van der Waals surface area contributed by atoms with Crippen LogP contribution in [0.25, 0.3) is 10.9 Å². The molecule has 0 unspecified atom stereocenters. The second-order valence-corrected chi connectivity index (χ2v) is 8.53. The molecule has 9 heteroatoms. The molecule has 0 aliphatic heterocycles. The van der Waals surface area contributed by atoms with E-state index in [1.54, 1.807) is 6.07 Å². The summed E-state index contributed by atoms with van der Waals surface area (Å²) in [6.45, 7) is 6.71. The van der Waals surface area contributed by atoms with E-state index >= 15 is 0 Å². The fourth-order valence-electron chi connectivity index (χ4n) is 3.02. The maximum absolute atomic E-state index is 13.3. The SMILES string of the molecule is CCNC(=NCCCN(CC)S(C)(=O)=O)NCCc1c[nH]c2cc(F)ccc12. The van der Waals surface area contributed by atoms with Crippen molar-refractivity contribution in [1.29, 1.82) is 0 Å². The fourth-order valence-corrected chi connectivity index (χ4v) is 3.95. The Morgan fingerprint density at radius 2 is 2.07 bits per heavy atom. The number of sulfonamides is 1. The second kappa shape index (κ2) is 10.4. The summed E-state index contributed by atoms with van der Waals surface area (Å²) in [4.78, 5) is 7.61. The fraction of sp³-hybridized carbons (Fsp3) is 0.526. The lowest BCUT2D eigenvalue weighted by molar-refractivity contribution is 0.427. The topological polar surface area (TPSA) is 89.6 Å². The number of hydrogen-bond donors (Lipinski definition) is 3. The average molecular weight is 412 g/mol. The molecule has 0 atom stereocenters. The number of fused-ring (bicyclic) bond motifs is 1. The number of nitrogens with zero attached hydrogens (tertiary/aromatic N) is 2. The molecule has 0 saturated heterocycles. The van der Waals surface area contributed by atoms with Gasteiger partial charge in [0.25, 0.3) is 0 Å². The van der Waals surface area contributed by atoms with E-state index in [-0.39, 0.29) is 5.82 Å². The quantitative estimate of drug-likeness (QED) is 0.317.